The zero-order valence-corrected chi connectivity index (χ0v) is 15.9. The van der Waals surface area contributed by atoms with E-state index in [0.29, 0.717) is 11.6 Å². The van der Waals surface area contributed by atoms with Crippen LogP contribution in [0.25, 0.3) is 10.2 Å². The third kappa shape index (κ3) is 2.57. The van der Waals surface area contributed by atoms with Gasteiger partial charge in [0.2, 0.25) is 5.88 Å². The maximum absolute atomic E-state index is 12.9. The Bertz CT molecular complexity index is 1220. The third-order valence-corrected chi connectivity index (χ3v) is 5.61. The maximum atomic E-state index is 12.9. The van der Waals surface area contributed by atoms with Gasteiger partial charge in [0.15, 0.2) is 0 Å². The van der Waals surface area contributed by atoms with Crippen molar-refractivity contribution in [1.82, 2.24) is 15.2 Å². The number of carbonyl (C=O) groups excluding carboxylic acids is 1. The Morgan fingerprint density at radius 3 is 2.79 bits per heavy atom. The minimum Gasteiger partial charge on any atom is -0.438 e. The first-order chi connectivity index (χ1) is 13.6. The van der Waals surface area contributed by atoms with Gasteiger partial charge >= 0.3 is 6.03 Å². The number of urea groups is 1. The van der Waals surface area contributed by atoms with Gasteiger partial charge in [0.05, 0.1) is 22.4 Å². The van der Waals surface area contributed by atoms with Crippen molar-refractivity contribution in [2.24, 2.45) is 0 Å². The highest BCUT2D eigenvalue weighted by Crippen LogP contribution is 2.46. The first-order valence-corrected chi connectivity index (χ1v) is 9.49. The zero-order valence-electron chi connectivity index (χ0n) is 15.1. The van der Waals surface area contributed by atoms with Crippen molar-refractivity contribution in [3.63, 3.8) is 0 Å². The summed E-state index contributed by atoms with van der Waals surface area (Å²) in [5.41, 5.74) is 3.37. The van der Waals surface area contributed by atoms with Crippen LogP contribution in [0.3, 0.4) is 0 Å². The van der Waals surface area contributed by atoms with Crippen LogP contribution in [0.4, 0.5) is 21.9 Å². The summed E-state index contributed by atoms with van der Waals surface area (Å²) in [7, 11) is 0. The fourth-order valence-electron chi connectivity index (χ4n) is 3.37. The molecule has 1 aromatic carbocycles. The Kier molecular flexibility index (Phi) is 3.73. The summed E-state index contributed by atoms with van der Waals surface area (Å²) >= 11 is 1.58. The molecule has 0 atom stereocenters. The average molecular weight is 389 g/mol. The Morgan fingerprint density at radius 2 is 2.00 bits per heavy atom. The Balaban J connectivity index is 1.57. The number of benzene rings is 1. The summed E-state index contributed by atoms with van der Waals surface area (Å²) in [4.78, 5) is 21.0. The first kappa shape index (κ1) is 16.6. The summed E-state index contributed by atoms with van der Waals surface area (Å²) < 4.78 is 5.74. The van der Waals surface area contributed by atoms with Crippen LogP contribution >= 0.6 is 11.3 Å². The van der Waals surface area contributed by atoms with Crippen molar-refractivity contribution in [3.05, 3.63) is 59.2 Å². The molecule has 0 bridgehead atoms. The van der Waals surface area contributed by atoms with Gasteiger partial charge in [0.1, 0.15) is 10.6 Å². The van der Waals surface area contributed by atoms with E-state index in [-0.39, 0.29) is 6.03 Å². The van der Waals surface area contributed by atoms with E-state index in [1.54, 1.807) is 40.8 Å². The fourth-order valence-corrected chi connectivity index (χ4v) is 4.34. The Morgan fingerprint density at radius 1 is 1.11 bits per heavy atom. The number of nitrogens with one attached hydrogen (secondary N) is 1. The summed E-state index contributed by atoms with van der Waals surface area (Å²) in [6, 6.07) is 10.8. The number of ether oxygens (including phenoxy) is 1. The topological polar surface area (TPSA) is 80.2 Å². The number of aryl methyl sites for hydroxylation is 2. The minimum atomic E-state index is -0.188. The predicted octanol–water partition coefficient (Wildman–Crippen LogP) is 5.18. The zero-order chi connectivity index (χ0) is 19.3. The lowest BCUT2D eigenvalue weighted by Gasteiger charge is -2.29. The van der Waals surface area contributed by atoms with Crippen LogP contribution < -0.4 is 15.0 Å². The van der Waals surface area contributed by atoms with E-state index in [0.717, 1.165) is 37.7 Å². The molecule has 28 heavy (non-hydrogen) atoms. The molecular formula is C20H15N5O2S. The first-order valence-electron chi connectivity index (χ1n) is 8.67. The van der Waals surface area contributed by atoms with Gasteiger partial charge in [0.25, 0.3) is 0 Å². The molecule has 0 unspecified atom stereocenters. The lowest BCUT2D eigenvalue weighted by atomic mass is 10.1. The number of amides is 2. The van der Waals surface area contributed by atoms with Crippen LogP contribution in [-0.4, -0.2) is 21.2 Å². The van der Waals surface area contributed by atoms with Crippen molar-refractivity contribution in [1.29, 1.82) is 0 Å². The van der Waals surface area contributed by atoms with Gasteiger partial charge in [-0.3, -0.25) is 4.90 Å². The monoisotopic (exact) mass is 389 g/mol. The second kappa shape index (κ2) is 6.28. The van der Waals surface area contributed by atoms with E-state index in [1.165, 1.54) is 0 Å². The highest BCUT2D eigenvalue weighted by atomic mass is 32.1. The van der Waals surface area contributed by atoms with Gasteiger partial charge in [-0.05, 0) is 49.7 Å². The number of hydrogen-bond donors (Lipinski definition) is 1. The molecular weight excluding hydrogens is 374 g/mol. The summed E-state index contributed by atoms with van der Waals surface area (Å²) in [5.74, 6) is 1.05. The molecule has 0 saturated carbocycles. The molecule has 1 N–H and O–H groups in total. The summed E-state index contributed by atoms with van der Waals surface area (Å²) in [5, 5.41) is 11.7. The molecule has 138 valence electrons. The maximum Gasteiger partial charge on any atom is 0.331 e. The van der Waals surface area contributed by atoms with Crippen molar-refractivity contribution in [3.8, 4) is 11.6 Å². The van der Waals surface area contributed by atoms with E-state index in [1.807, 2.05) is 38.1 Å². The standard InChI is InChI=1S/C20H15N5O2S/c1-11-10-13(27-16-4-3-8-22-24-16)5-6-14(11)25-15-7-9-21-19-17(15)18(12(2)28-19)23-20(25)26/h3-10H,1-2H3,(H,23,26). The quantitative estimate of drug-likeness (QED) is 0.522. The van der Waals surface area contributed by atoms with Crippen molar-refractivity contribution >= 4 is 44.6 Å². The molecule has 4 aromatic rings. The number of carbonyl (C=O) groups is 1. The molecule has 0 aliphatic carbocycles. The van der Waals surface area contributed by atoms with Crippen LogP contribution in [0, 0.1) is 13.8 Å². The predicted molar refractivity (Wildman–Crippen MR) is 109 cm³/mol. The fraction of sp³-hybridized carbons (Fsp3) is 0.100. The molecule has 0 spiro atoms. The van der Waals surface area contributed by atoms with E-state index in [9.17, 15) is 4.79 Å². The van der Waals surface area contributed by atoms with Crippen LogP contribution in [0.2, 0.25) is 0 Å². The Hall–Kier alpha value is -3.52. The number of anilines is 3. The van der Waals surface area contributed by atoms with E-state index >= 15 is 0 Å². The van der Waals surface area contributed by atoms with Gasteiger partial charge in [0, 0.05) is 23.3 Å². The number of hydrogen-bond acceptors (Lipinski definition) is 6. The molecule has 0 radical (unpaired) electrons. The summed E-state index contributed by atoms with van der Waals surface area (Å²) in [6.07, 6.45) is 3.33. The van der Waals surface area contributed by atoms with Crippen molar-refractivity contribution < 1.29 is 9.53 Å². The number of rotatable bonds is 3. The molecule has 8 heteroatoms. The number of thiophene rings is 1. The van der Waals surface area contributed by atoms with Crippen LogP contribution in [0.15, 0.2) is 48.8 Å². The van der Waals surface area contributed by atoms with E-state index in [2.05, 4.69) is 20.5 Å². The molecule has 5 rings (SSSR count). The smallest absolute Gasteiger partial charge is 0.331 e. The molecule has 0 fully saturated rings. The lowest BCUT2D eigenvalue weighted by molar-refractivity contribution is 0.259. The van der Waals surface area contributed by atoms with Crippen LogP contribution in [0.5, 0.6) is 11.6 Å². The van der Waals surface area contributed by atoms with Gasteiger partial charge < -0.3 is 10.1 Å². The van der Waals surface area contributed by atoms with E-state index in [4.69, 9.17) is 4.74 Å². The minimum absolute atomic E-state index is 0.188. The normalized spacial score (nSPS) is 12.9. The van der Waals surface area contributed by atoms with E-state index < -0.39 is 0 Å². The van der Waals surface area contributed by atoms with Gasteiger partial charge in [-0.1, -0.05) is 0 Å². The van der Waals surface area contributed by atoms with Gasteiger partial charge in [-0.2, -0.15) is 5.10 Å². The molecule has 3 aromatic heterocycles. The second-order valence-electron chi connectivity index (χ2n) is 6.42. The molecule has 2 amide bonds. The molecule has 0 saturated heterocycles. The molecule has 1 aliphatic heterocycles. The Labute approximate surface area is 164 Å². The van der Waals surface area contributed by atoms with Gasteiger partial charge in [-0.15, -0.1) is 16.4 Å². The second-order valence-corrected chi connectivity index (χ2v) is 7.62. The summed E-state index contributed by atoms with van der Waals surface area (Å²) in [6.45, 7) is 3.93. The van der Waals surface area contributed by atoms with Crippen LogP contribution in [-0.2, 0) is 0 Å². The third-order valence-electron chi connectivity index (χ3n) is 4.60. The average Bonchev–Trinajstić information content (AvgIpc) is 3.00. The lowest BCUT2D eigenvalue weighted by Crippen LogP contribution is -2.34. The van der Waals surface area contributed by atoms with Gasteiger partial charge in [-0.25, -0.2) is 9.78 Å². The highest BCUT2D eigenvalue weighted by molar-refractivity contribution is 7.19. The van der Waals surface area contributed by atoms with Crippen molar-refractivity contribution in [2.75, 3.05) is 10.2 Å². The largest absolute Gasteiger partial charge is 0.438 e. The number of pyridine rings is 1. The number of aromatic nitrogens is 3. The van der Waals surface area contributed by atoms with Crippen LogP contribution in [0.1, 0.15) is 10.4 Å². The molecule has 4 heterocycles. The SMILES string of the molecule is Cc1cc(Oc2cccnn2)ccc1N1C(=O)Nc2c(C)sc3nccc1c23. The molecule has 1 aliphatic rings. The highest BCUT2D eigenvalue weighted by Gasteiger charge is 2.30. The number of nitrogens with zero attached hydrogens (tertiary/aromatic N) is 4. The molecule has 7 nitrogen and oxygen atoms in total. The van der Waals surface area contributed by atoms with Crippen molar-refractivity contribution in [2.45, 2.75) is 13.8 Å².